The van der Waals surface area contributed by atoms with Crippen LogP contribution < -0.4 is 5.43 Å². The van der Waals surface area contributed by atoms with Crippen molar-refractivity contribution in [3.05, 3.63) is 83.0 Å². The average Bonchev–Trinajstić information content (AvgIpc) is 2.55. The van der Waals surface area contributed by atoms with E-state index in [4.69, 9.17) is 4.42 Å². The van der Waals surface area contributed by atoms with E-state index in [1.54, 1.807) is 6.07 Å². The van der Waals surface area contributed by atoms with Crippen molar-refractivity contribution in [3.63, 3.8) is 0 Å². The van der Waals surface area contributed by atoms with Crippen LogP contribution in [0, 0.1) is 6.07 Å². The normalized spacial score (nSPS) is 11.0. The minimum atomic E-state index is 0.00952. The smallest absolute Gasteiger partial charge is 0.201 e. The van der Waals surface area contributed by atoms with Gasteiger partial charge in [-0.1, -0.05) is 48.5 Å². The van der Waals surface area contributed by atoms with Gasteiger partial charge in [0, 0.05) is 0 Å². The maximum absolute atomic E-state index is 12.8. The molecule has 4 rings (SSSR count). The summed E-state index contributed by atoms with van der Waals surface area (Å²) in [7, 11) is 0. The van der Waals surface area contributed by atoms with Crippen molar-refractivity contribution < 1.29 is 4.42 Å². The van der Waals surface area contributed by atoms with E-state index in [2.05, 4.69) is 6.07 Å². The van der Waals surface area contributed by atoms with Gasteiger partial charge in [0.2, 0.25) is 5.43 Å². The number of para-hydroxylation sites is 1. The summed E-state index contributed by atoms with van der Waals surface area (Å²) in [4.78, 5) is 12.8. The molecule has 0 fully saturated rings. The van der Waals surface area contributed by atoms with Crippen molar-refractivity contribution in [2.45, 2.75) is 0 Å². The monoisotopic (exact) mass is 271 g/mol. The van der Waals surface area contributed by atoms with E-state index in [0.717, 1.165) is 11.1 Å². The molecule has 3 aromatic carbocycles. The van der Waals surface area contributed by atoms with Crippen LogP contribution in [0.25, 0.3) is 33.1 Å². The summed E-state index contributed by atoms with van der Waals surface area (Å²) in [6.45, 7) is 0. The largest absolute Gasteiger partial charge is 0.456 e. The van der Waals surface area contributed by atoms with Crippen LogP contribution in [-0.4, -0.2) is 0 Å². The molecule has 2 heteroatoms. The summed E-state index contributed by atoms with van der Waals surface area (Å²) >= 11 is 0. The summed E-state index contributed by atoms with van der Waals surface area (Å²) in [5.74, 6) is 0. The van der Waals surface area contributed by atoms with Crippen molar-refractivity contribution in [2.75, 3.05) is 0 Å². The lowest BCUT2D eigenvalue weighted by Gasteiger charge is -2.07. The Labute approximate surface area is 121 Å². The Morgan fingerprint density at radius 2 is 1.57 bits per heavy atom. The van der Waals surface area contributed by atoms with Crippen molar-refractivity contribution in [1.82, 2.24) is 0 Å². The van der Waals surface area contributed by atoms with E-state index in [0.29, 0.717) is 21.9 Å². The molecule has 0 aliphatic rings. The third-order valence-electron chi connectivity index (χ3n) is 3.63. The summed E-state index contributed by atoms with van der Waals surface area (Å²) in [6.07, 6.45) is 0. The van der Waals surface area contributed by atoms with E-state index in [-0.39, 0.29) is 5.43 Å². The highest BCUT2D eigenvalue weighted by Gasteiger charge is 2.11. The maximum atomic E-state index is 12.8. The van der Waals surface area contributed by atoms with Crippen molar-refractivity contribution >= 4 is 21.9 Å². The summed E-state index contributed by atoms with van der Waals surface area (Å²) < 4.78 is 5.88. The second-order valence-electron chi connectivity index (χ2n) is 4.89. The van der Waals surface area contributed by atoms with Gasteiger partial charge < -0.3 is 4.42 Å². The van der Waals surface area contributed by atoms with Gasteiger partial charge >= 0.3 is 0 Å². The zero-order valence-corrected chi connectivity index (χ0v) is 11.2. The molecule has 1 heterocycles. The SMILES string of the molecule is O=c1c2ccccc2oc2cccc(-c3cc[c]cc3)c12. The Hall–Kier alpha value is -2.87. The average molecular weight is 271 g/mol. The van der Waals surface area contributed by atoms with Gasteiger partial charge in [-0.15, -0.1) is 0 Å². The van der Waals surface area contributed by atoms with Crippen molar-refractivity contribution in [3.8, 4) is 11.1 Å². The molecule has 1 aromatic heterocycles. The van der Waals surface area contributed by atoms with Gasteiger partial charge in [0.15, 0.2) is 0 Å². The summed E-state index contributed by atoms with van der Waals surface area (Å²) in [5.41, 5.74) is 3.12. The molecule has 0 aliphatic carbocycles. The quantitative estimate of drug-likeness (QED) is 0.480. The topological polar surface area (TPSA) is 30.2 Å². The van der Waals surface area contributed by atoms with Crippen LogP contribution in [0.15, 0.2) is 75.9 Å². The maximum Gasteiger partial charge on any atom is 0.201 e. The molecule has 0 atom stereocenters. The van der Waals surface area contributed by atoms with Gasteiger partial charge in [0.25, 0.3) is 0 Å². The fourth-order valence-electron chi connectivity index (χ4n) is 2.65. The molecule has 0 unspecified atom stereocenters. The van der Waals surface area contributed by atoms with Crippen LogP contribution in [0.5, 0.6) is 0 Å². The first-order valence-corrected chi connectivity index (χ1v) is 6.76. The van der Waals surface area contributed by atoms with Gasteiger partial charge in [-0.2, -0.15) is 0 Å². The molecule has 1 radical (unpaired) electrons. The minimum absolute atomic E-state index is 0.00952. The molecule has 0 aliphatic heterocycles. The van der Waals surface area contributed by atoms with E-state index >= 15 is 0 Å². The standard InChI is InChI=1S/C19H11O2/c20-19-15-9-4-5-11-16(15)21-17-12-6-10-14(18(17)19)13-7-2-1-3-8-13/h2-12H. The molecule has 2 nitrogen and oxygen atoms in total. The van der Waals surface area contributed by atoms with E-state index in [1.807, 2.05) is 60.7 Å². The van der Waals surface area contributed by atoms with Gasteiger partial charge in [-0.25, -0.2) is 0 Å². The number of benzene rings is 3. The van der Waals surface area contributed by atoms with Gasteiger partial charge in [-0.3, -0.25) is 4.79 Å². The zero-order chi connectivity index (χ0) is 14.2. The van der Waals surface area contributed by atoms with Crippen LogP contribution in [-0.2, 0) is 0 Å². The molecule has 0 amide bonds. The van der Waals surface area contributed by atoms with Crippen LogP contribution >= 0.6 is 0 Å². The van der Waals surface area contributed by atoms with E-state index < -0.39 is 0 Å². The molecule has 4 aromatic rings. The zero-order valence-electron chi connectivity index (χ0n) is 11.2. The summed E-state index contributed by atoms with van der Waals surface area (Å²) in [6, 6.07) is 23.6. The number of hydrogen-bond acceptors (Lipinski definition) is 2. The first kappa shape index (κ1) is 11.9. The predicted octanol–water partition coefficient (Wildman–Crippen LogP) is 4.41. The Kier molecular flexibility index (Phi) is 2.61. The second kappa shape index (κ2) is 4.60. The molecule has 0 N–H and O–H groups in total. The predicted molar refractivity (Wildman–Crippen MR) is 84.3 cm³/mol. The summed E-state index contributed by atoms with van der Waals surface area (Å²) in [5, 5.41) is 1.24. The van der Waals surface area contributed by atoms with Gasteiger partial charge in [0.1, 0.15) is 11.2 Å². The Bertz CT molecular complexity index is 998. The number of fused-ring (bicyclic) bond motifs is 2. The van der Waals surface area contributed by atoms with Crippen LogP contribution in [0.4, 0.5) is 0 Å². The third-order valence-corrected chi connectivity index (χ3v) is 3.63. The Morgan fingerprint density at radius 1 is 0.810 bits per heavy atom. The molecule has 0 spiro atoms. The Morgan fingerprint density at radius 3 is 2.43 bits per heavy atom. The van der Waals surface area contributed by atoms with Crippen LogP contribution in [0.1, 0.15) is 0 Å². The lowest BCUT2D eigenvalue weighted by Crippen LogP contribution is -2.03. The molecular formula is C19H11O2. The third kappa shape index (κ3) is 1.84. The molecule has 99 valence electrons. The number of rotatable bonds is 1. The van der Waals surface area contributed by atoms with Crippen molar-refractivity contribution in [2.24, 2.45) is 0 Å². The van der Waals surface area contributed by atoms with Crippen LogP contribution in [0.3, 0.4) is 0 Å². The highest BCUT2D eigenvalue weighted by atomic mass is 16.3. The molecule has 0 saturated heterocycles. The van der Waals surface area contributed by atoms with E-state index in [9.17, 15) is 4.79 Å². The lowest BCUT2D eigenvalue weighted by molar-refractivity contribution is 0.660. The first-order valence-electron chi connectivity index (χ1n) is 6.76. The van der Waals surface area contributed by atoms with Gasteiger partial charge in [-0.05, 0) is 35.4 Å². The molecular weight excluding hydrogens is 260 g/mol. The molecule has 0 saturated carbocycles. The van der Waals surface area contributed by atoms with E-state index in [1.165, 1.54) is 0 Å². The second-order valence-corrected chi connectivity index (χ2v) is 4.89. The minimum Gasteiger partial charge on any atom is -0.456 e. The lowest BCUT2D eigenvalue weighted by atomic mass is 10.00. The number of hydrogen-bond donors (Lipinski definition) is 0. The molecule has 21 heavy (non-hydrogen) atoms. The molecule has 0 bridgehead atoms. The fourth-order valence-corrected chi connectivity index (χ4v) is 2.65. The van der Waals surface area contributed by atoms with Crippen molar-refractivity contribution in [1.29, 1.82) is 0 Å². The highest BCUT2D eigenvalue weighted by Crippen LogP contribution is 2.28. The van der Waals surface area contributed by atoms with Crippen LogP contribution in [0.2, 0.25) is 0 Å². The fraction of sp³-hybridized carbons (Fsp3) is 0. The first-order chi connectivity index (χ1) is 10.3. The Balaban J connectivity index is 2.19. The highest BCUT2D eigenvalue weighted by molar-refractivity contribution is 5.98. The van der Waals surface area contributed by atoms with Gasteiger partial charge in [0.05, 0.1) is 10.8 Å².